The van der Waals surface area contributed by atoms with Crippen LogP contribution in [0.3, 0.4) is 0 Å². The molecule has 0 spiro atoms. The minimum absolute atomic E-state index is 0.0379. The molecular formula is C12H9O3P. The van der Waals surface area contributed by atoms with Gasteiger partial charge in [-0.25, -0.2) is 0 Å². The topological polar surface area (TPSA) is 46.5 Å². The Morgan fingerprint density at radius 2 is 1.75 bits per heavy atom. The van der Waals surface area contributed by atoms with Crippen molar-refractivity contribution in [2.24, 2.45) is 0 Å². The molecule has 3 rings (SSSR count). The highest BCUT2D eigenvalue weighted by Gasteiger charge is 2.24. The summed E-state index contributed by atoms with van der Waals surface area (Å²) in [6, 6.07) is 12.5. The minimum atomic E-state index is -2.39. The first-order chi connectivity index (χ1) is 7.77. The Labute approximate surface area is 93.2 Å². The van der Waals surface area contributed by atoms with Crippen LogP contribution in [0.2, 0.25) is 0 Å². The highest BCUT2D eigenvalue weighted by molar-refractivity contribution is 7.49. The van der Waals surface area contributed by atoms with E-state index in [0.717, 1.165) is 11.1 Å². The van der Waals surface area contributed by atoms with E-state index < -0.39 is 8.03 Å². The molecular weight excluding hydrogens is 223 g/mol. The Kier molecular flexibility index (Phi) is 2.01. The molecule has 0 aliphatic carbocycles. The van der Waals surface area contributed by atoms with Gasteiger partial charge in [-0.15, -0.1) is 0 Å². The van der Waals surface area contributed by atoms with Crippen molar-refractivity contribution in [2.75, 3.05) is 0 Å². The van der Waals surface area contributed by atoms with E-state index in [1.807, 2.05) is 24.3 Å². The van der Waals surface area contributed by atoms with E-state index in [-0.39, 0.29) is 5.75 Å². The van der Waals surface area contributed by atoms with Gasteiger partial charge in [-0.1, -0.05) is 30.3 Å². The van der Waals surface area contributed by atoms with E-state index in [1.54, 1.807) is 12.1 Å². The van der Waals surface area contributed by atoms with Gasteiger partial charge in [-0.3, -0.25) is 4.57 Å². The highest BCUT2D eigenvalue weighted by atomic mass is 31.1. The Morgan fingerprint density at radius 1 is 1.00 bits per heavy atom. The lowest BCUT2D eigenvalue weighted by Crippen LogP contribution is -2.10. The first-order valence-electron chi connectivity index (χ1n) is 4.91. The van der Waals surface area contributed by atoms with Gasteiger partial charge in [0.1, 0.15) is 11.5 Å². The van der Waals surface area contributed by atoms with Gasteiger partial charge in [0, 0.05) is 11.1 Å². The van der Waals surface area contributed by atoms with Gasteiger partial charge >= 0.3 is 0 Å². The molecule has 16 heavy (non-hydrogen) atoms. The molecule has 0 saturated heterocycles. The smallest absolute Gasteiger partial charge is 0.270 e. The fourth-order valence-electron chi connectivity index (χ4n) is 1.91. The van der Waals surface area contributed by atoms with Crippen LogP contribution in [-0.2, 0) is 4.57 Å². The Bertz CT molecular complexity index is 593. The first kappa shape index (κ1) is 9.49. The summed E-state index contributed by atoms with van der Waals surface area (Å²) in [7, 11) is -2.39. The van der Waals surface area contributed by atoms with Crippen molar-refractivity contribution in [1.82, 2.24) is 0 Å². The average molecular weight is 232 g/mol. The molecule has 2 aromatic carbocycles. The Morgan fingerprint density at radius 3 is 2.62 bits per heavy atom. The predicted molar refractivity (Wildman–Crippen MR) is 62.8 cm³/mol. The van der Waals surface area contributed by atoms with Gasteiger partial charge < -0.3 is 9.63 Å². The molecule has 1 aliphatic rings. The van der Waals surface area contributed by atoms with Gasteiger partial charge in [0.05, 0.1) is 5.30 Å². The standard InChI is InChI=1S/C12H9O3P/c13-10-6-3-5-9-8-4-1-2-7-11(8)15-16(14)12(9)10/h1-7,13,16H. The van der Waals surface area contributed by atoms with Gasteiger partial charge in [0.25, 0.3) is 8.03 Å². The Hall–Kier alpha value is -1.73. The second-order valence-electron chi connectivity index (χ2n) is 3.59. The largest absolute Gasteiger partial charge is 0.507 e. The monoisotopic (exact) mass is 232 g/mol. The number of benzene rings is 2. The lowest BCUT2D eigenvalue weighted by molar-refractivity contribution is 0.474. The van der Waals surface area contributed by atoms with Gasteiger partial charge in [-0.05, 0) is 12.1 Å². The molecule has 1 heterocycles. The molecule has 0 saturated carbocycles. The highest BCUT2D eigenvalue weighted by Crippen LogP contribution is 2.44. The van der Waals surface area contributed by atoms with Crippen molar-refractivity contribution >= 4 is 13.3 Å². The number of para-hydroxylation sites is 1. The van der Waals surface area contributed by atoms with Gasteiger partial charge in [-0.2, -0.15) is 0 Å². The average Bonchev–Trinajstić information content (AvgIpc) is 2.29. The second-order valence-corrected chi connectivity index (χ2v) is 4.86. The maximum Gasteiger partial charge on any atom is 0.270 e. The molecule has 1 N–H and O–H groups in total. The van der Waals surface area contributed by atoms with Crippen molar-refractivity contribution in [3.63, 3.8) is 0 Å². The first-order valence-corrected chi connectivity index (χ1v) is 6.22. The maximum absolute atomic E-state index is 11.9. The number of phenols is 1. The predicted octanol–water partition coefficient (Wildman–Crippen LogP) is 2.55. The van der Waals surface area contributed by atoms with Crippen LogP contribution in [-0.4, -0.2) is 5.11 Å². The fourth-order valence-corrected chi connectivity index (χ4v) is 3.12. The van der Waals surface area contributed by atoms with E-state index >= 15 is 0 Å². The molecule has 0 bridgehead atoms. The molecule has 0 radical (unpaired) electrons. The van der Waals surface area contributed by atoms with Crippen molar-refractivity contribution in [3.8, 4) is 22.6 Å². The summed E-state index contributed by atoms with van der Waals surface area (Å²) in [6.45, 7) is 0. The van der Waals surface area contributed by atoms with Crippen LogP contribution in [0.5, 0.6) is 11.5 Å². The van der Waals surface area contributed by atoms with E-state index in [1.165, 1.54) is 6.07 Å². The van der Waals surface area contributed by atoms with Crippen LogP contribution >= 0.6 is 8.03 Å². The third-order valence-corrected chi connectivity index (χ3v) is 3.97. The van der Waals surface area contributed by atoms with Gasteiger partial charge in [0.15, 0.2) is 0 Å². The zero-order valence-corrected chi connectivity index (χ0v) is 9.31. The molecule has 1 aliphatic heterocycles. The van der Waals surface area contributed by atoms with Crippen molar-refractivity contribution in [3.05, 3.63) is 42.5 Å². The summed E-state index contributed by atoms with van der Waals surface area (Å²) in [5, 5.41) is 10.1. The molecule has 0 aromatic heterocycles. The van der Waals surface area contributed by atoms with Crippen LogP contribution in [0.25, 0.3) is 11.1 Å². The second kappa shape index (κ2) is 3.39. The molecule has 4 heteroatoms. The van der Waals surface area contributed by atoms with Crippen LogP contribution in [0.4, 0.5) is 0 Å². The number of phenolic OH excluding ortho intramolecular Hbond substituents is 1. The molecule has 1 unspecified atom stereocenters. The van der Waals surface area contributed by atoms with Gasteiger partial charge in [0.2, 0.25) is 0 Å². The summed E-state index contributed by atoms with van der Waals surface area (Å²) in [4.78, 5) is 0. The van der Waals surface area contributed by atoms with Crippen LogP contribution in [0.15, 0.2) is 42.5 Å². The summed E-state index contributed by atoms with van der Waals surface area (Å²) >= 11 is 0. The van der Waals surface area contributed by atoms with Crippen LogP contribution in [0, 0.1) is 0 Å². The van der Waals surface area contributed by atoms with Crippen molar-refractivity contribution in [1.29, 1.82) is 0 Å². The molecule has 3 nitrogen and oxygen atoms in total. The van der Waals surface area contributed by atoms with Crippen LogP contribution < -0.4 is 9.83 Å². The lowest BCUT2D eigenvalue weighted by atomic mass is 10.0. The number of hydrogen-bond acceptors (Lipinski definition) is 3. The maximum atomic E-state index is 11.9. The minimum Gasteiger partial charge on any atom is -0.507 e. The van der Waals surface area contributed by atoms with Crippen molar-refractivity contribution < 1.29 is 14.2 Å². The zero-order valence-electron chi connectivity index (χ0n) is 8.31. The zero-order chi connectivity index (χ0) is 11.1. The molecule has 2 aromatic rings. The van der Waals surface area contributed by atoms with E-state index in [9.17, 15) is 9.67 Å². The number of aromatic hydroxyl groups is 1. The fraction of sp³-hybridized carbons (Fsp3) is 0. The molecule has 0 amide bonds. The normalized spacial score (nSPS) is 17.1. The number of hydrogen-bond donors (Lipinski definition) is 1. The van der Waals surface area contributed by atoms with E-state index in [2.05, 4.69) is 0 Å². The summed E-state index contributed by atoms with van der Waals surface area (Å²) < 4.78 is 17.2. The van der Waals surface area contributed by atoms with Crippen molar-refractivity contribution in [2.45, 2.75) is 0 Å². The van der Waals surface area contributed by atoms with E-state index in [4.69, 9.17) is 4.52 Å². The quantitative estimate of drug-likeness (QED) is 0.710. The third kappa shape index (κ3) is 1.25. The molecule has 1 atom stereocenters. The van der Waals surface area contributed by atoms with Crippen LogP contribution in [0.1, 0.15) is 0 Å². The number of rotatable bonds is 0. The van der Waals surface area contributed by atoms with E-state index in [0.29, 0.717) is 11.1 Å². The summed E-state index contributed by atoms with van der Waals surface area (Å²) in [6.07, 6.45) is 0. The third-order valence-electron chi connectivity index (χ3n) is 2.63. The Balaban J connectivity index is 2.37. The molecule has 80 valence electrons. The molecule has 0 fully saturated rings. The lowest BCUT2D eigenvalue weighted by Gasteiger charge is -2.20. The summed E-state index contributed by atoms with van der Waals surface area (Å²) in [5.74, 6) is 0.653. The summed E-state index contributed by atoms with van der Waals surface area (Å²) in [5.41, 5.74) is 1.67. The number of fused-ring (bicyclic) bond motifs is 3. The SMILES string of the molecule is O=[PH]1Oc2ccccc2-c2cccc(O)c21.